The van der Waals surface area contributed by atoms with Crippen molar-refractivity contribution in [2.45, 2.75) is 12.6 Å². The molecule has 0 radical (unpaired) electrons. The van der Waals surface area contributed by atoms with E-state index in [0.29, 0.717) is 0 Å². The molecule has 0 aliphatic rings. The predicted octanol–water partition coefficient (Wildman–Crippen LogP) is 2.60. The summed E-state index contributed by atoms with van der Waals surface area (Å²) in [5.74, 6) is 0. The van der Waals surface area contributed by atoms with Gasteiger partial charge in [0.1, 0.15) is 0 Å². The molecule has 0 aliphatic heterocycles. The fourth-order valence-corrected chi connectivity index (χ4v) is 1.34. The molecule has 1 aromatic carbocycles. The molecule has 0 aromatic heterocycles. The number of alkyl halides is 3. The maximum atomic E-state index is 12.6. The first-order valence-electron chi connectivity index (χ1n) is 4.94. The third-order valence-corrected chi connectivity index (χ3v) is 2.13. The summed E-state index contributed by atoms with van der Waals surface area (Å²) in [6.45, 7) is -0.0905. The number of benzene rings is 1. The van der Waals surface area contributed by atoms with Crippen LogP contribution in [0.5, 0.6) is 0 Å². The lowest BCUT2D eigenvalue weighted by atomic mass is 10.0. The van der Waals surface area contributed by atoms with Crippen molar-refractivity contribution in [2.24, 2.45) is 0 Å². The van der Waals surface area contributed by atoms with Crippen molar-refractivity contribution in [3.63, 3.8) is 0 Å². The van der Waals surface area contributed by atoms with Crippen molar-refractivity contribution < 1.29 is 22.7 Å². The van der Waals surface area contributed by atoms with E-state index in [0.717, 1.165) is 6.07 Å². The lowest BCUT2D eigenvalue weighted by Gasteiger charge is -2.12. The van der Waals surface area contributed by atoms with Crippen LogP contribution in [0.1, 0.15) is 11.1 Å². The molecule has 0 aliphatic carbocycles. The Balaban J connectivity index is 2.68. The second-order valence-corrected chi connectivity index (χ2v) is 3.29. The molecule has 3 nitrogen and oxygen atoms in total. The van der Waals surface area contributed by atoms with Crippen molar-refractivity contribution in [2.75, 3.05) is 13.7 Å². The van der Waals surface area contributed by atoms with Crippen molar-refractivity contribution >= 4 is 6.09 Å². The molecule has 0 atom stereocenters. The SMILES string of the molecule is CNC(=O)OCCc1ccccc1C(F)(F)F. The van der Waals surface area contributed by atoms with Gasteiger partial charge >= 0.3 is 12.3 Å². The minimum absolute atomic E-state index is 0.0309. The Hall–Kier alpha value is -1.72. The highest BCUT2D eigenvalue weighted by atomic mass is 19.4. The molecule has 0 saturated carbocycles. The fraction of sp³-hybridized carbons (Fsp3) is 0.364. The van der Waals surface area contributed by atoms with Gasteiger partial charge in [-0.2, -0.15) is 13.2 Å². The van der Waals surface area contributed by atoms with E-state index in [-0.39, 0.29) is 18.6 Å². The van der Waals surface area contributed by atoms with E-state index in [1.165, 1.54) is 25.2 Å². The van der Waals surface area contributed by atoms with Gasteiger partial charge in [-0.25, -0.2) is 4.79 Å². The van der Waals surface area contributed by atoms with Crippen LogP contribution in [0.2, 0.25) is 0 Å². The van der Waals surface area contributed by atoms with E-state index in [9.17, 15) is 18.0 Å². The standard InChI is InChI=1S/C11H12F3NO2/c1-15-10(16)17-7-6-8-4-2-3-5-9(8)11(12,13)14/h2-5H,6-7H2,1H3,(H,15,16). The third-order valence-electron chi connectivity index (χ3n) is 2.13. The smallest absolute Gasteiger partial charge is 0.416 e. The zero-order valence-corrected chi connectivity index (χ0v) is 9.17. The number of nitrogens with one attached hydrogen (secondary N) is 1. The number of carbonyl (C=O) groups is 1. The van der Waals surface area contributed by atoms with E-state index < -0.39 is 17.8 Å². The molecule has 1 amide bonds. The predicted molar refractivity (Wildman–Crippen MR) is 55.6 cm³/mol. The van der Waals surface area contributed by atoms with Crippen LogP contribution in [0.25, 0.3) is 0 Å². The summed E-state index contributed by atoms with van der Waals surface area (Å²) < 4.78 is 42.4. The monoisotopic (exact) mass is 247 g/mol. The number of rotatable bonds is 3. The number of alkyl carbamates (subject to hydrolysis) is 1. The average molecular weight is 247 g/mol. The number of halogens is 3. The van der Waals surface area contributed by atoms with Crippen LogP contribution in [0.4, 0.5) is 18.0 Å². The second-order valence-electron chi connectivity index (χ2n) is 3.29. The van der Waals surface area contributed by atoms with Crippen molar-refractivity contribution in [3.8, 4) is 0 Å². The van der Waals surface area contributed by atoms with Gasteiger partial charge in [0.15, 0.2) is 0 Å². The number of amides is 1. The van der Waals surface area contributed by atoms with Gasteiger partial charge in [-0.05, 0) is 11.6 Å². The Kier molecular flexibility index (Phi) is 4.37. The van der Waals surface area contributed by atoms with Gasteiger partial charge < -0.3 is 10.1 Å². The normalized spacial score (nSPS) is 11.1. The quantitative estimate of drug-likeness (QED) is 0.891. The van der Waals surface area contributed by atoms with E-state index in [2.05, 4.69) is 10.1 Å². The van der Waals surface area contributed by atoms with Gasteiger partial charge in [-0.15, -0.1) is 0 Å². The van der Waals surface area contributed by atoms with Gasteiger partial charge in [0.2, 0.25) is 0 Å². The van der Waals surface area contributed by atoms with Crippen molar-refractivity contribution in [1.82, 2.24) is 5.32 Å². The second kappa shape index (κ2) is 5.56. The molecule has 0 bridgehead atoms. The number of ether oxygens (including phenoxy) is 1. The van der Waals surface area contributed by atoms with Crippen LogP contribution in [-0.2, 0) is 17.3 Å². The number of hydrogen-bond acceptors (Lipinski definition) is 2. The van der Waals surface area contributed by atoms with Crippen LogP contribution in [-0.4, -0.2) is 19.7 Å². The van der Waals surface area contributed by atoms with E-state index in [1.54, 1.807) is 0 Å². The van der Waals surface area contributed by atoms with Gasteiger partial charge in [0, 0.05) is 13.5 Å². The molecule has 0 fully saturated rings. The molecule has 1 rings (SSSR count). The molecule has 0 unspecified atom stereocenters. The highest BCUT2D eigenvalue weighted by Crippen LogP contribution is 2.31. The minimum Gasteiger partial charge on any atom is -0.449 e. The summed E-state index contributed by atoms with van der Waals surface area (Å²) in [5.41, 5.74) is -0.579. The van der Waals surface area contributed by atoms with Crippen molar-refractivity contribution in [1.29, 1.82) is 0 Å². The van der Waals surface area contributed by atoms with Crippen LogP contribution >= 0.6 is 0 Å². The number of hydrogen-bond donors (Lipinski definition) is 1. The minimum atomic E-state index is -4.39. The maximum Gasteiger partial charge on any atom is 0.416 e. The van der Waals surface area contributed by atoms with Crippen LogP contribution < -0.4 is 5.32 Å². The molecule has 1 aromatic rings. The summed E-state index contributed by atoms with van der Waals surface area (Å²) in [5, 5.41) is 2.21. The molecule has 0 spiro atoms. The summed E-state index contributed by atoms with van der Waals surface area (Å²) >= 11 is 0. The summed E-state index contributed by atoms with van der Waals surface area (Å²) in [6, 6.07) is 5.22. The lowest BCUT2D eigenvalue weighted by Crippen LogP contribution is -2.20. The van der Waals surface area contributed by atoms with Gasteiger partial charge in [0.25, 0.3) is 0 Å². The topological polar surface area (TPSA) is 38.3 Å². The Labute approximate surface area is 96.6 Å². The van der Waals surface area contributed by atoms with Gasteiger partial charge in [-0.1, -0.05) is 18.2 Å². The molecule has 0 saturated heterocycles. The van der Waals surface area contributed by atoms with E-state index in [4.69, 9.17) is 0 Å². The van der Waals surface area contributed by atoms with Gasteiger partial charge in [0.05, 0.1) is 12.2 Å². The lowest BCUT2D eigenvalue weighted by molar-refractivity contribution is -0.138. The summed E-state index contributed by atoms with van der Waals surface area (Å²) in [4.78, 5) is 10.7. The zero-order chi connectivity index (χ0) is 12.9. The highest BCUT2D eigenvalue weighted by Gasteiger charge is 2.32. The Morgan fingerprint density at radius 2 is 2.00 bits per heavy atom. The molecular weight excluding hydrogens is 235 g/mol. The number of carbonyl (C=O) groups excluding carboxylic acids is 1. The first kappa shape index (κ1) is 13.3. The highest BCUT2D eigenvalue weighted by molar-refractivity contribution is 5.66. The fourth-order valence-electron chi connectivity index (χ4n) is 1.34. The third kappa shape index (κ3) is 3.97. The van der Waals surface area contributed by atoms with E-state index >= 15 is 0 Å². The van der Waals surface area contributed by atoms with Crippen LogP contribution in [0, 0.1) is 0 Å². The molecule has 94 valence electrons. The first-order chi connectivity index (χ1) is 7.95. The molecule has 6 heteroatoms. The Morgan fingerprint density at radius 1 is 1.35 bits per heavy atom. The van der Waals surface area contributed by atoms with Crippen molar-refractivity contribution in [3.05, 3.63) is 35.4 Å². The Bertz CT molecular complexity index is 391. The van der Waals surface area contributed by atoms with Crippen LogP contribution in [0.15, 0.2) is 24.3 Å². The first-order valence-corrected chi connectivity index (χ1v) is 4.94. The maximum absolute atomic E-state index is 12.6. The Morgan fingerprint density at radius 3 is 2.59 bits per heavy atom. The summed E-state index contributed by atoms with van der Waals surface area (Å²) in [6.07, 6.45) is -5.01. The average Bonchev–Trinajstić information content (AvgIpc) is 2.28. The molecular formula is C11H12F3NO2. The molecule has 0 heterocycles. The van der Waals surface area contributed by atoms with Crippen LogP contribution in [0.3, 0.4) is 0 Å². The molecule has 1 N–H and O–H groups in total. The largest absolute Gasteiger partial charge is 0.449 e. The van der Waals surface area contributed by atoms with Gasteiger partial charge in [-0.3, -0.25) is 0 Å². The zero-order valence-electron chi connectivity index (χ0n) is 9.17. The summed E-state index contributed by atoms with van der Waals surface area (Å²) in [7, 11) is 1.38. The molecule has 17 heavy (non-hydrogen) atoms. The van der Waals surface area contributed by atoms with E-state index in [1.807, 2.05) is 0 Å².